The number of rotatable bonds is 6. The maximum absolute atomic E-state index is 12.4. The summed E-state index contributed by atoms with van der Waals surface area (Å²) in [5.41, 5.74) is 0.698. The molecule has 118 valence electrons. The molecule has 1 fully saturated rings. The van der Waals surface area contributed by atoms with Gasteiger partial charge in [0.25, 0.3) is 0 Å². The Labute approximate surface area is 132 Å². The monoisotopic (exact) mass is 328 g/mol. The molecule has 0 saturated carbocycles. The third-order valence-corrected chi connectivity index (χ3v) is 6.25. The first kappa shape index (κ1) is 16.6. The Morgan fingerprint density at radius 1 is 1.24 bits per heavy atom. The van der Waals surface area contributed by atoms with Crippen molar-refractivity contribution in [2.75, 3.05) is 23.4 Å². The maximum atomic E-state index is 12.4. The van der Waals surface area contributed by atoms with Crippen molar-refractivity contribution in [1.82, 2.24) is 4.72 Å². The molecule has 1 aliphatic rings. The normalized spacial score (nSPS) is 17.1. The highest BCUT2D eigenvalue weighted by atomic mass is 32.2. The molecule has 1 aromatic carbocycles. The van der Waals surface area contributed by atoms with Crippen molar-refractivity contribution in [1.29, 1.82) is 0 Å². The van der Waals surface area contributed by atoms with Crippen LogP contribution in [0, 0.1) is 5.92 Å². The summed E-state index contributed by atoms with van der Waals surface area (Å²) in [7, 11) is -3.46. The van der Waals surface area contributed by atoms with Crippen LogP contribution in [0.3, 0.4) is 0 Å². The fraction of sp³-hybridized carbons (Fsp3) is 0.600. The van der Waals surface area contributed by atoms with Crippen molar-refractivity contribution < 1.29 is 8.42 Å². The van der Waals surface area contributed by atoms with Gasteiger partial charge in [-0.25, -0.2) is 13.1 Å². The first-order chi connectivity index (χ1) is 9.99. The smallest absolute Gasteiger partial charge is 0.242 e. The summed E-state index contributed by atoms with van der Waals surface area (Å²) in [6.45, 7) is 4.50. The molecule has 0 unspecified atom stereocenters. The Kier molecular flexibility index (Phi) is 5.96. The quantitative estimate of drug-likeness (QED) is 0.843. The highest BCUT2D eigenvalue weighted by molar-refractivity contribution is 7.99. The van der Waals surface area contributed by atoms with Crippen LogP contribution in [-0.4, -0.2) is 32.5 Å². The second kappa shape index (κ2) is 7.51. The summed E-state index contributed by atoms with van der Waals surface area (Å²) in [5, 5.41) is 3.33. The molecule has 2 N–H and O–H groups in total. The van der Waals surface area contributed by atoms with Gasteiger partial charge in [0.15, 0.2) is 0 Å². The minimum Gasteiger partial charge on any atom is -0.384 e. The Morgan fingerprint density at radius 2 is 1.90 bits per heavy atom. The maximum Gasteiger partial charge on any atom is 0.242 e. The van der Waals surface area contributed by atoms with Crippen LogP contribution >= 0.6 is 11.8 Å². The summed E-state index contributed by atoms with van der Waals surface area (Å²) in [4.78, 5) is 0.337. The Hall–Kier alpha value is -0.720. The summed E-state index contributed by atoms with van der Waals surface area (Å²) in [6, 6.07) is 7.01. The number of hydrogen-bond donors (Lipinski definition) is 2. The zero-order chi connectivity index (χ0) is 15.3. The van der Waals surface area contributed by atoms with Gasteiger partial charge in [-0.15, -0.1) is 0 Å². The average Bonchev–Trinajstić information content (AvgIpc) is 2.45. The SMILES string of the molecule is CC(C)NS(=O)(=O)c1ccccc1NCC1CCSCC1. The van der Waals surface area contributed by atoms with Gasteiger partial charge in [0.2, 0.25) is 10.0 Å². The van der Waals surface area contributed by atoms with Crippen LogP contribution in [0.15, 0.2) is 29.2 Å². The molecule has 2 rings (SSSR count). The molecule has 0 aromatic heterocycles. The van der Waals surface area contributed by atoms with Crippen LogP contribution in [0.1, 0.15) is 26.7 Å². The molecule has 21 heavy (non-hydrogen) atoms. The minimum absolute atomic E-state index is 0.113. The van der Waals surface area contributed by atoms with E-state index >= 15 is 0 Å². The molecule has 4 nitrogen and oxygen atoms in total. The molecule has 1 saturated heterocycles. The van der Waals surface area contributed by atoms with E-state index in [1.807, 2.05) is 37.7 Å². The van der Waals surface area contributed by atoms with Gasteiger partial charge in [0, 0.05) is 12.6 Å². The van der Waals surface area contributed by atoms with E-state index in [0.29, 0.717) is 16.5 Å². The third-order valence-electron chi connectivity index (χ3n) is 3.49. The molecule has 1 aliphatic heterocycles. The largest absolute Gasteiger partial charge is 0.384 e. The summed E-state index contributed by atoms with van der Waals surface area (Å²) in [6.07, 6.45) is 2.41. The number of anilines is 1. The second-order valence-electron chi connectivity index (χ2n) is 5.71. The number of hydrogen-bond acceptors (Lipinski definition) is 4. The molecule has 6 heteroatoms. The van der Waals surface area contributed by atoms with Crippen molar-refractivity contribution in [3.63, 3.8) is 0 Å². The Morgan fingerprint density at radius 3 is 2.57 bits per heavy atom. The lowest BCUT2D eigenvalue weighted by atomic mass is 10.0. The van der Waals surface area contributed by atoms with Crippen LogP contribution in [0.5, 0.6) is 0 Å². The summed E-state index contributed by atoms with van der Waals surface area (Å²) >= 11 is 2.00. The van der Waals surface area contributed by atoms with Gasteiger partial charge in [0.05, 0.1) is 5.69 Å². The van der Waals surface area contributed by atoms with E-state index in [1.165, 1.54) is 24.3 Å². The standard InChI is InChI=1S/C15H24N2O2S2/c1-12(2)17-21(18,19)15-6-4-3-5-14(15)16-11-13-7-9-20-10-8-13/h3-6,12-13,16-17H,7-11H2,1-2H3. The molecule has 0 bridgehead atoms. The molecule has 0 atom stereocenters. The molecule has 0 radical (unpaired) electrons. The third kappa shape index (κ3) is 4.90. The number of sulfonamides is 1. The Balaban J connectivity index is 2.09. The molecular weight excluding hydrogens is 304 g/mol. The fourth-order valence-corrected chi connectivity index (χ4v) is 5.06. The van der Waals surface area contributed by atoms with Gasteiger partial charge >= 0.3 is 0 Å². The van der Waals surface area contributed by atoms with E-state index in [9.17, 15) is 8.42 Å². The zero-order valence-corrected chi connectivity index (χ0v) is 14.3. The molecule has 1 aromatic rings. The van der Waals surface area contributed by atoms with Crippen LogP contribution < -0.4 is 10.0 Å². The lowest BCUT2D eigenvalue weighted by Gasteiger charge is -2.23. The van der Waals surface area contributed by atoms with Gasteiger partial charge < -0.3 is 5.32 Å². The molecular formula is C15H24N2O2S2. The van der Waals surface area contributed by atoms with E-state index in [1.54, 1.807) is 12.1 Å². The van der Waals surface area contributed by atoms with Gasteiger partial charge in [-0.2, -0.15) is 11.8 Å². The first-order valence-electron chi connectivity index (χ1n) is 7.42. The minimum atomic E-state index is -3.46. The molecule has 1 heterocycles. The molecule has 0 amide bonds. The van der Waals surface area contributed by atoms with E-state index < -0.39 is 10.0 Å². The number of para-hydroxylation sites is 1. The van der Waals surface area contributed by atoms with Gasteiger partial charge in [0.1, 0.15) is 4.90 Å². The summed E-state index contributed by atoms with van der Waals surface area (Å²) < 4.78 is 27.4. The fourth-order valence-electron chi connectivity index (χ4n) is 2.43. The second-order valence-corrected chi connectivity index (χ2v) is 8.62. The van der Waals surface area contributed by atoms with Crippen LogP contribution in [0.25, 0.3) is 0 Å². The van der Waals surface area contributed by atoms with Crippen molar-refractivity contribution in [2.45, 2.75) is 37.6 Å². The molecule has 0 aliphatic carbocycles. The lowest BCUT2D eigenvalue weighted by Crippen LogP contribution is -2.31. The van der Waals surface area contributed by atoms with Gasteiger partial charge in [-0.1, -0.05) is 12.1 Å². The van der Waals surface area contributed by atoms with Gasteiger partial charge in [-0.3, -0.25) is 0 Å². The predicted octanol–water partition coefficient (Wildman–Crippen LogP) is 2.93. The molecule has 0 spiro atoms. The van der Waals surface area contributed by atoms with E-state index in [4.69, 9.17) is 0 Å². The predicted molar refractivity (Wildman–Crippen MR) is 90.4 cm³/mol. The first-order valence-corrected chi connectivity index (χ1v) is 10.1. The average molecular weight is 329 g/mol. The van der Waals surface area contributed by atoms with E-state index in [-0.39, 0.29) is 6.04 Å². The lowest BCUT2D eigenvalue weighted by molar-refractivity contribution is 0.515. The number of nitrogens with one attached hydrogen (secondary N) is 2. The van der Waals surface area contributed by atoms with E-state index in [0.717, 1.165) is 6.54 Å². The highest BCUT2D eigenvalue weighted by Crippen LogP contribution is 2.25. The van der Waals surface area contributed by atoms with Crippen LogP contribution in [0.4, 0.5) is 5.69 Å². The van der Waals surface area contributed by atoms with Crippen LogP contribution in [0.2, 0.25) is 0 Å². The highest BCUT2D eigenvalue weighted by Gasteiger charge is 2.20. The van der Waals surface area contributed by atoms with Crippen LogP contribution in [-0.2, 0) is 10.0 Å². The van der Waals surface area contributed by atoms with Crippen molar-refractivity contribution in [2.24, 2.45) is 5.92 Å². The van der Waals surface area contributed by atoms with E-state index in [2.05, 4.69) is 10.0 Å². The number of thioether (sulfide) groups is 1. The Bertz CT molecular complexity index is 553. The van der Waals surface area contributed by atoms with Crippen molar-refractivity contribution in [3.8, 4) is 0 Å². The van der Waals surface area contributed by atoms with Crippen molar-refractivity contribution >= 4 is 27.5 Å². The summed E-state index contributed by atoms with van der Waals surface area (Å²) in [5.74, 6) is 3.06. The van der Waals surface area contributed by atoms with Gasteiger partial charge in [-0.05, 0) is 56.2 Å². The zero-order valence-electron chi connectivity index (χ0n) is 12.6. The van der Waals surface area contributed by atoms with Crippen molar-refractivity contribution in [3.05, 3.63) is 24.3 Å². The number of benzene rings is 1. The topological polar surface area (TPSA) is 58.2 Å².